The van der Waals surface area contributed by atoms with Gasteiger partial charge in [0.05, 0.1) is 4.90 Å². The number of hydrogen-bond donors (Lipinski definition) is 1. The highest BCUT2D eigenvalue weighted by Gasteiger charge is 2.12. The van der Waals surface area contributed by atoms with Crippen molar-refractivity contribution in [1.29, 1.82) is 0 Å². The molecule has 6 heteroatoms. The number of nitrogens with two attached hydrogens (primary N) is 1. The molecule has 0 amide bonds. The average molecular weight is 342 g/mol. The summed E-state index contributed by atoms with van der Waals surface area (Å²) in [6, 6.07) is 12.0. The second-order valence-corrected chi connectivity index (χ2v) is 6.48. The Labute approximate surface area is 120 Å². The van der Waals surface area contributed by atoms with E-state index in [-0.39, 0.29) is 4.90 Å². The van der Waals surface area contributed by atoms with Gasteiger partial charge in [-0.3, -0.25) is 0 Å². The van der Waals surface area contributed by atoms with Gasteiger partial charge >= 0.3 is 0 Å². The fraction of sp³-hybridized carbons (Fsp3) is 0.0769. The molecule has 0 aromatic heterocycles. The van der Waals surface area contributed by atoms with Crippen molar-refractivity contribution >= 4 is 26.0 Å². The van der Waals surface area contributed by atoms with Crippen LogP contribution in [0.5, 0.6) is 11.5 Å². The third-order valence-electron chi connectivity index (χ3n) is 2.48. The highest BCUT2D eigenvalue weighted by molar-refractivity contribution is 9.10. The van der Waals surface area contributed by atoms with Crippen LogP contribution in [0.4, 0.5) is 0 Å². The summed E-state index contributed by atoms with van der Waals surface area (Å²) in [7, 11) is -3.69. The number of hydrogen-bond acceptors (Lipinski definition) is 3. The summed E-state index contributed by atoms with van der Waals surface area (Å²) in [4.78, 5) is 0.106. The second kappa shape index (κ2) is 5.32. The minimum absolute atomic E-state index is 0.106. The van der Waals surface area contributed by atoms with Gasteiger partial charge in [0.2, 0.25) is 10.0 Å². The molecule has 2 aromatic carbocycles. The van der Waals surface area contributed by atoms with Gasteiger partial charge in [-0.2, -0.15) is 0 Å². The zero-order chi connectivity index (χ0) is 14.0. The molecule has 0 saturated heterocycles. The summed E-state index contributed by atoms with van der Waals surface area (Å²) >= 11 is 3.35. The first kappa shape index (κ1) is 14.0. The van der Waals surface area contributed by atoms with Crippen molar-refractivity contribution < 1.29 is 13.2 Å². The van der Waals surface area contributed by atoms with Crippen LogP contribution >= 0.6 is 15.9 Å². The van der Waals surface area contributed by atoms with Gasteiger partial charge in [0, 0.05) is 4.47 Å². The van der Waals surface area contributed by atoms with Crippen molar-refractivity contribution in [3.8, 4) is 11.5 Å². The van der Waals surface area contributed by atoms with Gasteiger partial charge in [0.25, 0.3) is 0 Å². The van der Waals surface area contributed by atoms with E-state index < -0.39 is 10.0 Å². The number of halogens is 1. The Morgan fingerprint density at radius 1 is 1.11 bits per heavy atom. The van der Waals surface area contributed by atoms with Crippen molar-refractivity contribution in [3.05, 3.63) is 52.5 Å². The molecule has 100 valence electrons. The maximum absolute atomic E-state index is 11.3. The molecule has 0 bridgehead atoms. The quantitative estimate of drug-likeness (QED) is 0.931. The Morgan fingerprint density at radius 3 is 2.37 bits per heavy atom. The van der Waals surface area contributed by atoms with Gasteiger partial charge in [0.1, 0.15) is 11.5 Å². The van der Waals surface area contributed by atoms with E-state index in [4.69, 9.17) is 9.88 Å². The van der Waals surface area contributed by atoms with Crippen molar-refractivity contribution in [2.45, 2.75) is 11.8 Å². The van der Waals surface area contributed by atoms with E-state index in [1.54, 1.807) is 19.1 Å². The first-order valence-electron chi connectivity index (χ1n) is 5.43. The zero-order valence-electron chi connectivity index (χ0n) is 10.1. The number of aryl methyl sites for hydroxylation is 1. The van der Waals surface area contributed by atoms with Crippen LogP contribution in [0.2, 0.25) is 0 Å². The van der Waals surface area contributed by atoms with Crippen molar-refractivity contribution in [1.82, 2.24) is 0 Å². The molecule has 0 unspecified atom stereocenters. The monoisotopic (exact) mass is 341 g/mol. The number of primary sulfonamides is 1. The van der Waals surface area contributed by atoms with Gasteiger partial charge in [-0.15, -0.1) is 0 Å². The summed E-state index contributed by atoms with van der Waals surface area (Å²) in [6.45, 7) is 1.67. The Morgan fingerprint density at radius 2 is 1.79 bits per heavy atom. The minimum atomic E-state index is -3.69. The standard InChI is InChI=1S/C13H12BrNO3S/c1-9-7-12(5-6-13(9)19(15,16)17)18-11-4-2-3-10(14)8-11/h2-8H,1H3,(H2,15,16,17). The summed E-state index contributed by atoms with van der Waals surface area (Å²) in [5.74, 6) is 1.22. The van der Waals surface area contributed by atoms with Crippen LogP contribution in [-0.2, 0) is 10.0 Å². The summed E-state index contributed by atoms with van der Waals surface area (Å²) in [6.07, 6.45) is 0. The van der Waals surface area contributed by atoms with E-state index in [1.807, 2.05) is 24.3 Å². The van der Waals surface area contributed by atoms with Crippen LogP contribution in [0, 0.1) is 6.92 Å². The predicted octanol–water partition coefficient (Wildman–Crippen LogP) is 3.20. The molecular weight excluding hydrogens is 330 g/mol. The fourth-order valence-corrected chi connectivity index (χ4v) is 2.81. The number of ether oxygens (including phenoxy) is 1. The molecule has 0 heterocycles. The maximum Gasteiger partial charge on any atom is 0.238 e. The number of rotatable bonds is 3. The normalized spacial score (nSPS) is 11.3. The van der Waals surface area contributed by atoms with E-state index in [0.717, 1.165) is 4.47 Å². The SMILES string of the molecule is Cc1cc(Oc2cccc(Br)c2)ccc1S(N)(=O)=O. The lowest BCUT2D eigenvalue weighted by molar-refractivity contribution is 0.481. The lowest BCUT2D eigenvalue weighted by Crippen LogP contribution is -2.13. The predicted molar refractivity (Wildman–Crippen MR) is 76.8 cm³/mol. The molecule has 0 saturated carbocycles. The molecule has 0 fully saturated rings. The molecule has 2 aromatic rings. The molecule has 0 atom stereocenters. The molecule has 0 aliphatic rings. The highest BCUT2D eigenvalue weighted by Crippen LogP contribution is 2.27. The van der Waals surface area contributed by atoms with Gasteiger partial charge in [0.15, 0.2) is 0 Å². The van der Waals surface area contributed by atoms with Crippen molar-refractivity contribution in [2.24, 2.45) is 5.14 Å². The molecule has 2 N–H and O–H groups in total. The van der Waals surface area contributed by atoms with Crippen LogP contribution in [0.15, 0.2) is 51.8 Å². The van der Waals surface area contributed by atoms with E-state index >= 15 is 0 Å². The molecule has 0 spiro atoms. The Bertz CT molecular complexity index is 714. The molecular formula is C13H12BrNO3S. The molecule has 19 heavy (non-hydrogen) atoms. The lowest BCUT2D eigenvalue weighted by atomic mass is 10.2. The van der Waals surface area contributed by atoms with Crippen LogP contribution in [0.25, 0.3) is 0 Å². The van der Waals surface area contributed by atoms with Crippen LogP contribution < -0.4 is 9.88 Å². The molecule has 4 nitrogen and oxygen atoms in total. The van der Waals surface area contributed by atoms with Crippen molar-refractivity contribution in [3.63, 3.8) is 0 Å². The first-order valence-corrected chi connectivity index (χ1v) is 7.77. The van der Waals surface area contributed by atoms with Gasteiger partial charge < -0.3 is 4.74 Å². The first-order chi connectivity index (χ1) is 8.86. The summed E-state index contributed by atoms with van der Waals surface area (Å²) < 4.78 is 29.1. The third kappa shape index (κ3) is 3.56. The van der Waals surface area contributed by atoms with Gasteiger partial charge in [-0.25, -0.2) is 13.6 Å². The topological polar surface area (TPSA) is 69.4 Å². The Hall–Kier alpha value is -1.37. The van der Waals surface area contributed by atoms with Crippen molar-refractivity contribution in [2.75, 3.05) is 0 Å². The molecule has 0 aliphatic heterocycles. The third-order valence-corrected chi connectivity index (χ3v) is 4.05. The molecule has 2 rings (SSSR count). The Balaban J connectivity index is 2.31. The van der Waals surface area contributed by atoms with E-state index in [2.05, 4.69) is 15.9 Å². The highest BCUT2D eigenvalue weighted by atomic mass is 79.9. The average Bonchev–Trinajstić information content (AvgIpc) is 2.27. The lowest BCUT2D eigenvalue weighted by Gasteiger charge is -2.09. The largest absolute Gasteiger partial charge is 0.457 e. The van der Waals surface area contributed by atoms with E-state index in [1.165, 1.54) is 6.07 Å². The van der Waals surface area contributed by atoms with Crippen LogP contribution in [-0.4, -0.2) is 8.42 Å². The summed E-state index contributed by atoms with van der Waals surface area (Å²) in [5.41, 5.74) is 0.551. The molecule has 0 radical (unpaired) electrons. The van der Waals surface area contributed by atoms with Crippen LogP contribution in [0.3, 0.4) is 0 Å². The van der Waals surface area contributed by atoms with E-state index in [0.29, 0.717) is 17.1 Å². The van der Waals surface area contributed by atoms with Crippen LogP contribution in [0.1, 0.15) is 5.56 Å². The number of sulfonamides is 1. The second-order valence-electron chi connectivity index (χ2n) is 4.03. The number of benzene rings is 2. The summed E-state index contributed by atoms with van der Waals surface area (Å²) in [5, 5.41) is 5.11. The smallest absolute Gasteiger partial charge is 0.238 e. The maximum atomic E-state index is 11.3. The fourth-order valence-electron chi connectivity index (χ4n) is 1.67. The van der Waals surface area contributed by atoms with Gasteiger partial charge in [-0.05, 0) is 48.9 Å². The Kier molecular flexibility index (Phi) is 3.93. The zero-order valence-corrected chi connectivity index (χ0v) is 12.5. The van der Waals surface area contributed by atoms with Gasteiger partial charge in [-0.1, -0.05) is 22.0 Å². The minimum Gasteiger partial charge on any atom is -0.457 e. The van der Waals surface area contributed by atoms with E-state index in [9.17, 15) is 8.42 Å². The molecule has 0 aliphatic carbocycles.